The highest BCUT2D eigenvalue weighted by molar-refractivity contribution is 5.99. The lowest BCUT2D eigenvalue weighted by Crippen LogP contribution is -2.46. The maximum atomic E-state index is 13.1. The summed E-state index contributed by atoms with van der Waals surface area (Å²) < 4.78 is 41.7. The molecule has 0 spiro atoms. The van der Waals surface area contributed by atoms with Crippen molar-refractivity contribution in [3.63, 3.8) is 0 Å². The van der Waals surface area contributed by atoms with E-state index in [4.69, 9.17) is 0 Å². The summed E-state index contributed by atoms with van der Waals surface area (Å²) in [6.07, 6.45) is 2.31. The fraction of sp³-hybridized carbons (Fsp3) is 0.278. The first-order valence-corrected chi connectivity index (χ1v) is 7.62. The SMILES string of the molecule is O=C(Nc1ccc(OC(F)F)cc1)C1(c2ccc(F)cc2)CCC1. The van der Waals surface area contributed by atoms with Crippen LogP contribution >= 0.6 is 0 Å². The van der Waals surface area contributed by atoms with Crippen LogP contribution in [0, 0.1) is 5.82 Å². The number of amides is 1. The molecule has 126 valence electrons. The Morgan fingerprint density at radius 3 is 2.17 bits per heavy atom. The van der Waals surface area contributed by atoms with Gasteiger partial charge in [-0.2, -0.15) is 8.78 Å². The molecule has 0 heterocycles. The van der Waals surface area contributed by atoms with Crippen LogP contribution in [0.4, 0.5) is 18.9 Å². The van der Waals surface area contributed by atoms with Crippen molar-refractivity contribution in [1.82, 2.24) is 0 Å². The van der Waals surface area contributed by atoms with Crippen molar-refractivity contribution in [2.45, 2.75) is 31.3 Å². The molecular formula is C18H16F3NO2. The number of anilines is 1. The third-order valence-corrected chi connectivity index (χ3v) is 4.38. The average Bonchev–Trinajstić information content (AvgIpc) is 2.49. The molecule has 24 heavy (non-hydrogen) atoms. The van der Waals surface area contributed by atoms with Crippen molar-refractivity contribution in [2.75, 3.05) is 5.32 Å². The summed E-state index contributed by atoms with van der Waals surface area (Å²) in [6, 6.07) is 11.7. The Balaban J connectivity index is 1.74. The molecule has 1 aliphatic carbocycles. The number of carbonyl (C=O) groups excluding carboxylic acids is 1. The van der Waals surface area contributed by atoms with Gasteiger partial charge in [0.25, 0.3) is 0 Å². The molecule has 0 saturated heterocycles. The van der Waals surface area contributed by atoms with Crippen molar-refractivity contribution in [1.29, 1.82) is 0 Å². The standard InChI is InChI=1S/C18H16F3NO2/c19-13-4-2-12(3-5-13)18(10-1-11-18)16(23)22-14-6-8-15(9-7-14)24-17(20)21/h2-9,17H,1,10-11H2,(H,22,23). The molecule has 0 aliphatic heterocycles. The Hall–Kier alpha value is -2.50. The maximum absolute atomic E-state index is 13.1. The lowest BCUT2D eigenvalue weighted by molar-refractivity contribution is -0.124. The molecular weight excluding hydrogens is 319 g/mol. The molecule has 1 saturated carbocycles. The van der Waals surface area contributed by atoms with Gasteiger partial charge in [-0.25, -0.2) is 4.39 Å². The largest absolute Gasteiger partial charge is 0.435 e. The van der Waals surface area contributed by atoms with Gasteiger partial charge in [-0.1, -0.05) is 18.6 Å². The van der Waals surface area contributed by atoms with E-state index in [0.717, 1.165) is 12.0 Å². The smallest absolute Gasteiger partial charge is 0.387 e. The summed E-state index contributed by atoms with van der Waals surface area (Å²) in [4.78, 5) is 12.7. The highest BCUT2D eigenvalue weighted by Gasteiger charge is 2.45. The molecule has 0 aromatic heterocycles. The van der Waals surface area contributed by atoms with Crippen LogP contribution in [-0.2, 0) is 10.2 Å². The lowest BCUT2D eigenvalue weighted by atomic mass is 9.64. The quantitative estimate of drug-likeness (QED) is 0.874. The first kappa shape index (κ1) is 16.4. The van der Waals surface area contributed by atoms with Crippen LogP contribution in [0.15, 0.2) is 48.5 Å². The van der Waals surface area contributed by atoms with E-state index in [1.807, 2.05) is 0 Å². The van der Waals surface area contributed by atoms with Gasteiger partial charge in [0.2, 0.25) is 5.91 Å². The number of halogens is 3. The van der Waals surface area contributed by atoms with Crippen LogP contribution in [0.25, 0.3) is 0 Å². The Labute approximate surface area is 137 Å². The van der Waals surface area contributed by atoms with Crippen LogP contribution in [0.1, 0.15) is 24.8 Å². The van der Waals surface area contributed by atoms with Crippen molar-refractivity contribution in [3.05, 3.63) is 59.9 Å². The number of nitrogens with one attached hydrogen (secondary N) is 1. The van der Waals surface area contributed by atoms with E-state index < -0.39 is 12.0 Å². The zero-order chi connectivity index (χ0) is 17.2. The summed E-state index contributed by atoms with van der Waals surface area (Å²) in [5, 5.41) is 2.80. The minimum atomic E-state index is -2.89. The average molecular weight is 335 g/mol. The van der Waals surface area contributed by atoms with Crippen LogP contribution in [0.5, 0.6) is 5.75 Å². The zero-order valence-corrected chi connectivity index (χ0v) is 12.8. The van der Waals surface area contributed by atoms with Gasteiger partial charge in [0.15, 0.2) is 0 Å². The Morgan fingerprint density at radius 2 is 1.67 bits per heavy atom. The van der Waals surface area contributed by atoms with E-state index in [2.05, 4.69) is 10.1 Å². The predicted octanol–water partition coefficient (Wildman–Crippen LogP) is 4.49. The van der Waals surface area contributed by atoms with E-state index in [-0.39, 0.29) is 17.5 Å². The molecule has 3 nitrogen and oxygen atoms in total. The number of ether oxygens (including phenoxy) is 1. The van der Waals surface area contributed by atoms with Gasteiger partial charge in [0.05, 0.1) is 5.41 Å². The minimum absolute atomic E-state index is 0.0277. The molecule has 6 heteroatoms. The van der Waals surface area contributed by atoms with Crippen molar-refractivity contribution < 1.29 is 22.7 Å². The Kier molecular flexibility index (Phi) is 4.46. The highest BCUT2D eigenvalue weighted by Crippen LogP contribution is 2.44. The van der Waals surface area contributed by atoms with Gasteiger partial charge >= 0.3 is 6.61 Å². The summed E-state index contributed by atoms with van der Waals surface area (Å²) in [5.41, 5.74) is 0.617. The van der Waals surface area contributed by atoms with Crippen molar-refractivity contribution >= 4 is 11.6 Å². The van der Waals surface area contributed by atoms with E-state index in [9.17, 15) is 18.0 Å². The fourth-order valence-electron chi connectivity index (χ4n) is 2.92. The number of benzene rings is 2. The first-order chi connectivity index (χ1) is 11.5. The minimum Gasteiger partial charge on any atom is -0.435 e. The second kappa shape index (κ2) is 6.55. The second-order valence-electron chi connectivity index (χ2n) is 5.80. The maximum Gasteiger partial charge on any atom is 0.387 e. The molecule has 1 fully saturated rings. The fourth-order valence-corrected chi connectivity index (χ4v) is 2.92. The molecule has 0 unspecified atom stereocenters. The Bertz CT molecular complexity index is 710. The second-order valence-corrected chi connectivity index (χ2v) is 5.80. The third-order valence-electron chi connectivity index (χ3n) is 4.38. The molecule has 1 amide bonds. The number of carbonyl (C=O) groups is 1. The summed E-state index contributed by atoms with van der Waals surface area (Å²) in [5.74, 6) is -0.494. The van der Waals surface area contributed by atoms with Crippen molar-refractivity contribution in [3.8, 4) is 5.75 Å². The first-order valence-electron chi connectivity index (χ1n) is 7.62. The molecule has 3 rings (SSSR count). The van der Waals surface area contributed by atoms with Gasteiger partial charge in [0.1, 0.15) is 11.6 Å². The van der Waals surface area contributed by atoms with E-state index in [1.165, 1.54) is 36.4 Å². The lowest BCUT2D eigenvalue weighted by Gasteiger charge is -2.40. The number of rotatable bonds is 5. The van der Waals surface area contributed by atoms with Gasteiger partial charge in [-0.05, 0) is 54.8 Å². The molecule has 0 atom stereocenters. The van der Waals surface area contributed by atoms with Crippen LogP contribution in [0.3, 0.4) is 0 Å². The van der Waals surface area contributed by atoms with Gasteiger partial charge < -0.3 is 10.1 Å². The molecule has 1 aliphatic rings. The van der Waals surface area contributed by atoms with Crippen molar-refractivity contribution in [2.24, 2.45) is 0 Å². The van der Waals surface area contributed by atoms with Gasteiger partial charge in [-0.3, -0.25) is 4.79 Å². The summed E-state index contributed by atoms with van der Waals surface area (Å²) in [7, 11) is 0. The van der Waals surface area contributed by atoms with E-state index in [1.54, 1.807) is 12.1 Å². The third kappa shape index (κ3) is 3.22. The summed E-state index contributed by atoms with van der Waals surface area (Å²) in [6.45, 7) is -2.89. The molecule has 0 radical (unpaired) electrons. The molecule has 2 aromatic carbocycles. The van der Waals surface area contributed by atoms with Gasteiger partial charge in [-0.15, -0.1) is 0 Å². The molecule has 1 N–H and O–H groups in total. The number of hydrogen-bond acceptors (Lipinski definition) is 2. The molecule has 0 bridgehead atoms. The molecule has 2 aromatic rings. The number of hydrogen-bond donors (Lipinski definition) is 1. The zero-order valence-electron chi connectivity index (χ0n) is 12.8. The predicted molar refractivity (Wildman–Crippen MR) is 83.6 cm³/mol. The number of alkyl halides is 2. The van der Waals surface area contributed by atoms with E-state index >= 15 is 0 Å². The van der Waals surface area contributed by atoms with E-state index in [0.29, 0.717) is 18.5 Å². The normalized spacial score (nSPS) is 15.7. The Morgan fingerprint density at radius 1 is 1.04 bits per heavy atom. The summed E-state index contributed by atoms with van der Waals surface area (Å²) >= 11 is 0. The van der Waals surface area contributed by atoms with Crippen LogP contribution < -0.4 is 10.1 Å². The van der Waals surface area contributed by atoms with Crippen LogP contribution in [0.2, 0.25) is 0 Å². The highest BCUT2D eigenvalue weighted by atomic mass is 19.3. The monoisotopic (exact) mass is 335 g/mol. The topological polar surface area (TPSA) is 38.3 Å². The van der Waals surface area contributed by atoms with Crippen LogP contribution in [-0.4, -0.2) is 12.5 Å². The van der Waals surface area contributed by atoms with Gasteiger partial charge in [0, 0.05) is 5.69 Å².